The number of nitrogens with zero attached hydrogens (tertiary/aromatic N) is 4. The monoisotopic (exact) mass is 581 g/mol. The average Bonchev–Trinajstić information content (AvgIpc) is 3.71. The van der Waals surface area contributed by atoms with Gasteiger partial charge in [-0.3, -0.25) is 4.90 Å². The summed E-state index contributed by atoms with van der Waals surface area (Å²) in [5, 5.41) is 7.63. The lowest BCUT2D eigenvalue weighted by Gasteiger charge is -2.34. The van der Waals surface area contributed by atoms with E-state index in [0.29, 0.717) is 53.4 Å². The fourth-order valence-corrected chi connectivity index (χ4v) is 8.73. The van der Waals surface area contributed by atoms with Crippen molar-refractivity contribution in [2.75, 3.05) is 37.7 Å². The summed E-state index contributed by atoms with van der Waals surface area (Å²) in [4.78, 5) is 13.9. The Morgan fingerprint density at radius 2 is 2.00 bits per heavy atom. The number of hydrogen-bond acceptors (Lipinski definition) is 7. The number of benzene rings is 2. The summed E-state index contributed by atoms with van der Waals surface area (Å²) < 4.78 is 38.3. The highest BCUT2D eigenvalue weighted by molar-refractivity contribution is 7.17. The number of aromatic nitrogens is 2. The lowest BCUT2D eigenvalue weighted by molar-refractivity contribution is 0.107. The maximum absolute atomic E-state index is 16.6. The van der Waals surface area contributed by atoms with E-state index in [1.54, 1.807) is 11.3 Å². The molecule has 0 spiro atoms. The number of hydrogen-bond donors (Lipinski definition) is 1. The molecule has 0 aliphatic carbocycles. The zero-order valence-electron chi connectivity index (χ0n) is 22.0. The molecule has 4 aliphatic rings. The first-order valence-electron chi connectivity index (χ1n) is 14.2. The van der Waals surface area contributed by atoms with Gasteiger partial charge in [-0.25, -0.2) is 8.78 Å². The molecule has 2 aromatic carbocycles. The molecular formula is C30H30ClF2N5OS. The van der Waals surface area contributed by atoms with Crippen LogP contribution in [-0.2, 0) is 0 Å². The number of halogens is 3. The average molecular weight is 582 g/mol. The molecule has 0 amide bonds. The molecule has 6 heterocycles. The molecule has 0 radical (unpaired) electrons. The standard InChI is InChI=1S/C30H30ClF2N5OS/c31-23-11-22-26(25(33)24(23)21-4-1-3-17-7-10-40-27(17)21)35-29(36-28(22)37-14-19-5-6-20(15-37)34-19)39-16-30-8-2-9-38(30)13-18(32)12-30/h1,3-4,7,10-11,18-20,34H,2,5-6,8-9,12-16H2/t18-,19?,20?,30+/m1/s1. The van der Waals surface area contributed by atoms with Crippen LogP contribution in [0.1, 0.15) is 32.1 Å². The normalized spacial score (nSPS) is 28.2. The van der Waals surface area contributed by atoms with Gasteiger partial charge in [-0.2, -0.15) is 9.97 Å². The maximum atomic E-state index is 16.6. The topological polar surface area (TPSA) is 53.5 Å². The number of fused-ring (bicyclic) bond motifs is 5. The van der Waals surface area contributed by atoms with Gasteiger partial charge in [-0.05, 0) is 55.1 Å². The Balaban J connectivity index is 1.26. The highest BCUT2D eigenvalue weighted by Crippen LogP contribution is 2.44. The molecule has 2 bridgehead atoms. The van der Waals surface area contributed by atoms with Crippen LogP contribution in [-0.4, -0.2) is 71.4 Å². The van der Waals surface area contributed by atoms with Gasteiger partial charge in [0.15, 0.2) is 5.82 Å². The van der Waals surface area contributed by atoms with Crippen molar-refractivity contribution in [3.05, 3.63) is 46.6 Å². The predicted octanol–water partition coefficient (Wildman–Crippen LogP) is 6.20. The Labute approximate surface area is 240 Å². The molecule has 40 heavy (non-hydrogen) atoms. The van der Waals surface area contributed by atoms with E-state index in [4.69, 9.17) is 21.3 Å². The molecule has 0 saturated carbocycles. The van der Waals surface area contributed by atoms with Crippen molar-refractivity contribution < 1.29 is 13.5 Å². The molecule has 4 atom stereocenters. The van der Waals surface area contributed by atoms with Crippen molar-refractivity contribution in [3.63, 3.8) is 0 Å². The first-order valence-corrected chi connectivity index (χ1v) is 15.4. The highest BCUT2D eigenvalue weighted by Gasteiger charge is 2.49. The quantitative estimate of drug-likeness (QED) is 0.303. The number of rotatable bonds is 5. The number of ether oxygens (including phenoxy) is 1. The second-order valence-electron chi connectivity index (χ2n) is 11.8. The Morgan fingerprint density at radius 3 is 2.85 bits per heavy atom. The lowest BCUT2D eigenvalue weighted by Crippen LogP contribution is -2.51. The van der Waals surface area contributed by atoms with E-state index >= 15 is 4.39 Å². The van der Waals surface area contributed by atoms with Crippen LogP contribution in [0, 0.1) is 5.82 Å². The Morgan fingerprint density at radius 1 is 1.15 bits per heavy atom. The van der Waals surface area contributed by atoms with Crippen LogP contribution in [0.5, 0.6) is 6.01 Å². The molecule has 4 fully saturated rings. The molecule has 10 heteroatoms. The van der Waals surface area contributed by atoms with E-state index in [-0.39, 0.29) is 17.1 Å². The molecule has 6 nitrogen and oxygen atoms in total. The zero-order valence-corrected chi connectivity index (χ0v) is 23.6. The van der Waals surface area contributed by atoms with Gasteiger partial charge in [0, 0.05) is 59.4 Å². The number of nitrogens with one attached hydrogen (secondary N) is 1. The van der Waals surface area contributed by atoms with Gasteiger partial charge in [0.1, 0.15) is 24.1 Å². The zero-order chi connectivity index (χ0) is 27.0. The molecule has 2 aromatic heterocycles. The van der Waals surface area contributed by atoms with E-state index in [1.807, 2.05) is 35.7 Å². The van der Waals surface area contributed by atoms with Crippen molar-refractivity contribution in [1.29, 1.82) is 0 Å². The van der Waals surface area contributed by atoms with Gasteiger partial charge in [0.25, 0.3) is 0 Å². The molecule has 4 aliphatic heterocycles. The van der Waals surface area contributed by atoms with Crippen LogP contribution in [0.3, 0.4) is 0 Å². The Kier molecular flexibility index (Phi) is 5.96. The molecule has 1 N–H and O–H groups in total. The Bertz CT molecular complexity index is 1620. The summed E-state index contributed by atoms with van der Waals surface area (Å²) in [5.74, 6) is 0.177. The summed E-state index contributed by atoms with van der Waals surface area (Å²) >= 11 is 8.42. The van der Waals surface area contributed by atoms with Gasteiger partial charge in [0.2, 0.25) is 0 Å². The van der Waals surface area contributed by atoms with Crippen molar-refractivity contribution >= 4 is 49.7 Å². The highest BCUT2D eigenvalue weighted by atomic mass is 35.5. The SMILES string of the molecule is Fc1c(-c2cccc3ccsc23)c(Cl)cc2c(N3CC4CCC(C3)N4)nc(OC[C@@]34CCCN3C[C@H](F)C4)nc12. The van der Waals surface area contributed by atoms with E-state index in [2.05, 4.69) is 20.1 Å². The van der Waals surface area contributed by atoms with E-state index in [0.717, 1.165) is 61.0 Å². The molecule has 8 rings (SSSR count). The molecule has 4 saturated heterocycles. The summed E-state index contributed by atoms with van der Waals surface area (Å²) in [5.41, 5.74) is 0.953. The van der Waals surface area contributed by atoms with Crippen molar-refractivity contribution in [2.24, 2.45) is 0 Å². The number of thiophene rings is 1. The third kappa shape index (κ3) is 4.00. The van der Waals surface area contributed by atoms with Gasteiger partial charge in [-0.15, -0.1) is 11.3 Å². The fourth-order valence-electron chi connectivity index (χ4n) is 7.52. The molecule has 208 valence electrons. The Hall–Kier alpha value is -2.59. The number of anilines is 1. The fraction of sp³-hybridized carbons (Fsp3) is 0.467. The lowest BCUT2D eigenvalue weighted by atomic mass is 9.95. The number of piperazine rings is 1. The van der Waals surface area contributed by atoms with Crippen LogP contribution in [0.25, 0.3) is 32.1 Å². The van der Waals surface area contributed by atoms with Crippen molar-refractivity contribution in [1.82, 2.24) is 20.2 Å². The van der Waals surface area contributed by atoms with E-state index in [9.17, 15) is 4.39 Å². The minimum Gasteiger partial charge on any atom is -0.461 e. The first-order chi connectivity index (χ1) is 19.5. The van der Waals surface area contributed by atoms with Gasteiger partial charge in [0.05, 0.1) is 10.6 Å². The maximum Gasteiger partial charge on any atom is 0.319 e. The molecule has 4 aromatic rings. The van der Waals surface area contributed by atoms with Crippen LogP contribution in [0.2, 0.25) is 5.02 Å². The predicted molar refractivity (Wildman–Crippen MR) is 156 cm³/mol. The van der Waals surface area contributed by atoms with Gasteiger partial charge >= 0.3 is 6.01 Å². The summed E-state index contributed by atoms with van der Waals surface area (Å²) in [6.07, 6.45) is 3.73. The first kappa shape index (κ1) is 25.1. The van der Waals surface area contributed by atoms with E-state index in [1.165, 1.54) is 0 Å². The second kappa shape index (κ2) is 9.48. The number of alkyl halides is 1. The third-order valence-electron chi connectivity index (χ3n) is 9.34. The van der Waals surface area contributed by atoms with Crippen LogP contribution in [0.15, 0.2) is 35.7 Å². The minimum absolute atomic E-state index is 0.137. The smallest absolute Gasteiger partial charge is 0.319 e. The summed E-state index contributed by atoms with van der Waals surface area (Å²) in [6, 6.07) is 10.6. The second-order valence-corrected chi connectivity index (χ2v) is 13.1. The minimum atomic E-state index is -0.851. The third-order valence-corrected chi connectivity index (χ3v) is 10.6. The van der Waals surface area contributed by atoms with Crippen molar-refractivity contribution in [2.45, 2.75) is 55.9 Å². The molecular weight excluding hydrogens is 552 g/mol. The van der Waals surface area contributed by atoms with E-state index < -0.39 is 12.0 Å². The summed E-state index contributed by atoms with van der Waals surface area (Å²) in [6.45, 7) is 3.17. The van der Waals surface area contributed by atoms with Gasteiger partial charge < -0.3 is 15.0 Å². The van der Waals surface area contributed by atoms with Crippen molar-refractivity contribution in [3.8, 4) is 17.1 Å². The molecule has 2 unspecified atom stereocenters. The van der Waals surface area contributed by atoms with Crippen LogP contribution in [0.4, 0.5) is 14.6 Å². The van der Waals surface area contributed by atoms with Gasteiger partial charge in [-0.1, -0.05) is 29.8 Å². The largest absolute Gasteiger partial charge is 0.461 e. The van der Waals surface area contributed by atoms with Crippen LogP contribution < -0.4 is 15.0 Å². The summed E-state index contributed by atoms with van der Waals surface area (Å²) in [7, 11) is 0. The van der Waals surface area contributed by atoms with Crippen LogP contribution >= 0.6 is 22.9 Å².